The van der Waals surface area contributed by atoms with Gasteiger partial charge in [0.15, 0.2) is 6.04 Å². The molecule has 7 rings (SSSR count). The standard InChI is InChI=1S/C27H28N4O5/c1-36-15-6-7-19-18(12-15)16-9-11-30(24(26(32)33)22(16)28-19)31-20-5-3-2-4-17(20)21-14-8-10-29(13-14)25(23(21)31)27(34)35/h2-8,12,17,20-21,23-25,28H,9-11,13H2,1H3,(H,32,33)(H,34,35). The third kappa shape index (κ3) is 2.87. The SMILES string of the molecule is COc1ccc2[nH]c3c(c2c1)CCN(N1C2C=CC=CC2C2C4=CCN(C4)C(C(=O)O)C21)C3C(=O)O. The van der Waals surface area contributed by atoms with E-state index in [1.54, 1.807) is 7.11 Å². The van der Waals surface area contributed by atoms with E-state index in [0.29, 0.717) is 31.7 Å². The summed E-state index contributed by atoms with van der Waals surface area (Å²) in [5.74, 6) is -0.921. The smallest absolute Gasteiger partial charge is 0.328 e. The van der Waals surface area contributed by atoms with E-state index in [-0.39, 0.29) is 23.9 Å². The van der Waals surface area contributed by atoms with Gasteiger partial charge in [-0.2, -0.15) is 0 Å². The zero-order valence-electron chi connectivity index (χ0n) is 19.9. The molecule has 186 valence electrons. The minimum Gasteiger partial charge on any atom is -0.497 e. The van der Waals surface area contributed by atoms with Crippen LogP contribution in [0.1, 0.15) is 17.3 Å². The quantitative estimate of drug-likeness (QED) is 0.562. The Balaban J connectivity index is 1.37. The van der Waals surface area contributed by atoms with Crippen LogP contribution < -0.4 is 4.74 Å². The first-order chi connectivity index (χ1) is 17.5. The van der Waals surface area contributed by atoms with Crippen molar-refractivity contribution >= 4 is 22.8 Å². The fourth-order valence-corrected chi connectivity index (χ4v) is 7.40. The van der Waals surface area contributed by atoms with Crippen LogP contribution in [-0.4, -0.2) is 86.9 Å². The zero-order valence-corrected chi connectivity index (χ0v) is 19.9. The second-order valence-electron chi connectivity index (χ2n) is 10.3. The maximum absolute atomic E-state index is 12.9. The lowest BCUT2D eigenvalue weighted by atomic mass is 9.76. The molecule has 2 aromatic rings. The first-order valence-electron chi connectivity index (χ1n) is 12.4. The van der Waals surface area contributed by atoms with Crippen molar-refractivity contribution in [2.75, 3.05) is 26.7 Å². The Bertz CT molecular complexity index is 1380. The maximum Gasteiger partial charge on any atom is 0.328 e. The van der Waals surface area contributed by atoms with E-state index < -0.39 is 24.0 Å². The van der Waals surface area contributed by atoms with Crippen molar-refractivity contribution in [3.05, 3.63) is 65.4 Å². The summed E-state index contributed by atoms with van der Waals surface area (Å²) in [7, 11) is 1.62. The number of rotatable bonds is 4. The van der Waals surface area contributed by atoms with E-state index in [1.165, 1.54) is 5.57 Å². The molecular weight excluding hydrogens is 460 g/mol. The van der Waals surface area contributed by atoms with E-state index in [0.717, 1.165) is 22.2 Å². The van der Waals surface area contributed by atoms with Gasteiger partial charge in [0.25, 0.3) is 0 Å². The number of methoxy groups -OCH3 is 1. The number of carboxylic acids is 2. The normalized spacial score (nSPS) is 34.8. The molecular formula is C27H28N4O5. The van der Waals surface area contributed by atoms with Crippen LogP contribution in [0.2, 0.25) is 0 Å². The van der Waals surface area contributed by atoms with E-state index in [9.17, 15) is 19.8 Å². The largest absolute Gasteiger partial charge is 0.497 e. The van der Waals surface area contributed by atoms with Gasteiger partial charge in [0.1, 0.15) is 11.8 Å². The van der Waals surface area contributed by atoms with Crippen LogP contribution in [0.4, 0.5) is 0 Å². The molecule has 1 aromatic heterocycles. The molecule has 3 N–H and O–H groups in total. The molecule has 5 heterocycles. The molecule has 2 fully saturated rings. The molecule has 4 aliphatic heterocycles. The number of carboxylic acid groups (broad SMARTS) is 2. The molecule has 5 aliphatic rings. The Morgan fingerprint density at radius 2 is 1.97 bits per heavy atom. The number of ether oxygens (including phenoxy) is 1. The van der Waals surface area contributed by atoms with Gasteiger partial charge in [-0.3, -0.25) is 14.5 Å². The molecule has 2 saturated heterocycles. The fraction of sp³-hybridized carbons (Fsp3) is 0.407. The van der Waals surface area contributed by atoms with Crippen molar-refractivity contribution < 1.29 is 24.5 Å². The van der Waals surface area contributed by atoms with E-state index in [1.807, 2.05) is 40.3 Å². The molecule has 2 bridgehead atoms. The number of carbonyl (C=O) groups is 2. The lowest BCUT2D eigenvalue weighted by molar-refractivity contribution is -0.169. The Morgan fingerprint density at radius 1 is 1.14 bits per heavy atom. The average Bonchev–Trinajstić information content (AvgIpc) is 3.55. The minimum absolute atomic E-state index is 0.0406. The number of hydrazine groups is 1. The molecule has 9 nitrogen and oxygen atoms in total. The zero-order chi connectivity index (χ0) is 24.7. The Hall–Kier alpha value is -3.40. The van der Waals surface area contributed by atoms with Gasteiger partial charge in [-0.05, 0) is 30.2 Å². The topological polar surface area (TPSA) is 109 Å². The van der Waals surface area contributed by atoms with Gasteiger partial charge >= 0.3 is 11.9 Å². The number of nitrogens with zero attached hydrogens (tertiary/aromatic N) is 3. The summed E-state index contributed by atoms with van der Waals surface area (Å²) in [5, 5.41) is 25.9. The summed E-state index contributed by atoms with van der Waals surface area (Å²) >= 11 is 0. The van der Waals surface area contributed by atoms with Crippen molar-refractivity contribution in [3.63, 3.8) is 0 Å². The lowest BCUT2D eigenvalue weighted by Crippen LogP contribution is -2.64. The second kappa shape index (κ2) is 7.80. The highest BCUT2D eigenvalue weighted by Crippen LogP contribution is 2.51. The van der Waals surface area contributed by atoms with Gasteiger partial charge in [0, 0.05) is 48.1 Å². The van der Waals surface area contributed by atoms with Gasteiger partial charge < -0.3 is 19.9 Å². The highest BCUT2D eigenvalue weighted by Gasteiger charge is 2.61. The van der Waals surface area contributed by atoms with Gasteiger partial charge in [0.05, 0.1) is 19.2 Å². The number of nitrogens with one attached hydrogen (secondary N) is 1. The van der Waals surface area contributed by atoms with Crippen LogP contribution in [0, 0.1) is 11.8 Å². The predicted molar refractivity (Wildman–Crippen MR) is 131 cm³/mol. The molecule has 0 amide bonds. The van der Waals surface area contributed by atoms with Crippen molar-refractivity contribution in [1.82, 2.24) is 19.9 Å². The van der Waals surface area contributed by atoms with Crippen LogP contribution >= 0.6 is 0 Å². The summed E-state index contributed by atoms with van der Waals surface area (Å²) < 4.78 is 5.41. The van der Waals surface area contributed by atoms with Crippen molar-refractivity contribution in [3.8, 4) is 5.75 Å². The number of piperidine rings is 1. The highest BCUT2D eigenvalue weighted by atomic mass is 16.5. The third-order valence-corrected chi connectivity index (χ3v) is 8.75. The van der Waals surface area contributed by atoms with Crippen LogP contribution in [0.5, 0.6) is 5.75 Å². The van der Waals surface area contributed by atoms with Gasteiger partial charge in [0.2, 0.25) is 0 Å². The number of allylic oxidation sites excluding steroid dienone is 2. The fourth-order valence-electron chi connectivity index (χ4n) is 7.40. The molecule has 1 aromatic carbocycles. The van der Waals surface area contributed by atoms with Gasteiger partial charge in [-0.25, -0.2) is 10.0 Å². The molecule has 0 saturated carbocycles. The number of aliphatic carboxylic acids is 2. The molecule has 9 heteroatoms. The van der Waals surface area contributed by atoms with Crippen LogP contribution in [0.15, 0.2) is 54.2 Å². The van der Waals surface area contributed by atoms with E-state index in [4.69, 9.17) is 4.74 Å². The molecule has 7 unspecified atom stereocenters. The maximum atomic E-state index is 12.9. The van der Waals surface area contributed by atoms with Crippen LogP contribution in [0.25, 0.3) is 10.9 Å². The Morgan fingerprint density at radius 3 is 2.75 bits per heavy atom. The molecule has 36 heavy (non-hydrogen) atoms. The molecule has 1 aliphatic carbocycles. The number of aromatic amines is 1. The van der Waals surface area contributed by atoms with Gasteiger partial charge in [-0.15, -0.1) is 0 Å². The first-order valence-corrected chi connectivity index (χ1v) is 12.4. The molecule has 0 spiro atoms. The van der Waals surface area contributed by atoms with Crippen molar-refractivity contribution in [2.24, 2.45) is 11.8 Å². The number of benzene rings is 1. The average molecular weight is 489 g/mol. The first kappa shape index (κ1) is 21.8. The molecule has 0 radical (unpaired) electrons. The second-order valence-corrected chi connectivity index (χ2v) is 10.3. The summed E-state index contributed by atoms with van der Waals surface area (Å²) in [5.41, 5.74) is 3.81. The third-order valence-electron chi connectivity index (χ3n) is 8.75. The van der Waals surface area contributed by atoms with E-state index >= 15 is 0 Å². The summed E-state index contributed by atoms with van der Waals surface area (Å²) in [4.78, 5) is 30.9. The van der Waals surface area contributed by atoms with Crippen LogP contribution in [0.3, 0.4) is 0 Å². The number of hydrogen-bond acceptors (Lipinski definition) is 6. The minimum atomic E-state index is -0.949. The van der Waals surface area contributed by atoms with E-state index in [2.05, 4.69) is 28.2 Å². The molecule has 7 atom stereocenters. The van der Waals surface area contributed by atoms with Crippen molar-refractivity contribution in [1.29, 1.82) is 0 Å². The number of fused-ring (bicyclic) bond motifs is 9. The monoisotopic (exact) mass is 488 g/mol. The Kier molecular flexibility index (Phi) is 4.73. The number of hydrogen-bond donors (Lipinski definition) is 3. The van der Waals surface area contributed by atoms with Gasteiger partial charge in [-0.1, -0.05) is 36.0 Å². The summed E-state index contributed by atoms with van der Waals surface area (Å²) in [6.45, 7) is 1.78. The highest BCUT2D eigenvalue weighted by molar-refractivity contribution is 5.89. The van der Waals surface area contributed by atoms with Crippen LogP contribution in [-0.2, 0) is 16.0 Å². The lowest BCUT2D eigenvalue weighted by Gasteiger charge is -2.48. The van der Waals surface area contributed by atoms with Crippen molar-refractivity contribution in [2.45, 2.75) is 30.6 Å². The predicted octanol–water partition coefficient (Wildman–Crippen LogP) is 2.20. The summed E-state index contributed by atoms with van der Waals surface area (Å²) in [6.07, 6.45) is 11.1. The Labute approximate surface area is 207 Å². The summed E-state index contributed by atoms with van der Waals surface area (Å²) in [6, 6.07) is 3.66. The number of aromatic nitrogens is 1. The number of H-pyrrole nitrogens is 1.